The van der Waals surface area contributed by atoms with E-state index in [0.717, 1.165) is 11.1 Å². The summed E-state index contributed by atoms with van der Waals surface area (Å²) in [6.07, 6.45) is 3.55. The zero-order valence-electron chi connectivity index (χ0n) is 13.3. The first kappa shape index (κ1) is 18.2. The maximum absolute atomic E-state index is 12.5. The minimum atomic E-state index is -0.398. The number of halogens is 1. The summed E-state index contributed by atoms with van der Waals surface area (Å²) < 4.78 is 1.69. The summed E-state index contributed by atoms with van der Waals surface area (Å²) >= 11 is 0. The van der Waals surface area contributed by atoms with Crippen molar-refractivity contribution >= 4 is 18.3 Å². The second kappa shape index (κ2) is 7.96. The van der Waals surface area contributed by atoms with Crippen molar-refractivity contribution in [3.8, 4) is 0 Å². The third-order valence-corrected chi connectivity index (χ3v) is 3.62. The Labute approximate surface area is 137 Å². The Balaban J connectivity index is 0.00000242. The lowest BCUT2D eigenvalue weighted by molar-refractivity contribution is -0.123. The molecular formula is C16H23ClN4O. The SMILES string of the molecule is CNC(C(=O)NC(C)c1ccccc1C)c1cnn(C)c1.Cl. The predicted molar refractivity (Wildman–Crippen MR) is 90.0 cm³/mol. The summed E-state index contributed by atoms with van der Waals surface area (Å²) in [6, 6.07) is 7.64. The Kier molecular flexibility index (Phi) is 6.59. The van der Waals surface area contributed by atoms with Gasteiger partial charge in [0.05, 0.1) is 12.2 Å². The van der Waals surface area contributed by atoms with Crippen molar-refractivity contribution < 1.29 is 4.79 Å². The maximum Gasteiger partial charge on any atom is 0.242 e. The van der Waals surface area contributed by atoms with Gasteiger partial charge in [-0.2, -0.15) is 5.10 Å². The number of likely N-dealkylation sites (N-methyl/N-ethyl adjacent to an activating group) is 1. The van der Waals surface area contributed by atoms with Gasteiger partial charge < -0.3 is 10.6 Å². The van der Waals surface area contributed by atoms with Gasteiger partial charge in [0.25, 0.3) is 0 Å². The van der Waals surface area contributed by atoms with Crippen LogP contribution in [0.2, 0.25) is 0 Å². The van der Waals surface area contributed by atoms with Crippen LogP contribution in [0.5, 0.6) is 0 Å². The molecule has 1 aromatic heterocycles. The Morgan fingerprint density at radius 1 is 1.32 bits per heavy atom. The number of rotatable bonds is 5. The lowest BCUT2D eigenvalue weighted by Gasteiger charge is -2.20. The van der Waals surface area contributed by atoms with Crippen LogP contribution in [0.15, 0.2) is 36.7 Å². The van der Waals surface area contributed by atoms with Crippen LogP contribution in [-0.2, 0) is 11.8 Å². The van der Waals surface area contributed by atoms with Crippen LogP contribution in [-0.4, -0.2) is 22.7 Å². The summed E-state index contributed by atoms with van der Waals surface area (Å²) in [4.78, 5) is 12.5. The van der Waals surface area contributed by atoms with E-state index in [0.29, 0.717) is 0 Å². The molecule has 120 valence electrons. The van der Waals surface area contributed by atoms with Crippen LogP contribution < -0.4 is 10.6 Å². The van der Waals surface area contributed by atoms with E-state index < -0.39 is 6.04 Å². The summed E-state index contributed by atoms with van der Waals surface area (Å²) in [5.74, 6) is -0.0544. The number of aromatic nitrogens is 2. The van der Waals surface area contributed by atoms with E-state index in [4.69, 9.17) is 0 Å². The minimum absolute atomic E-state index is 0. The number of carbonyl (C=O) groups is 1. The highest BCUT2D eigenvalue weighted by molar-refractivity contribution is 5.85. The van der Waals surface area contributed by atoms with E-state index >= 15 is 0 Å². The second-order valence-corrected chi connectivity index (χ2v) is 5.26. The molecule has 2 unspecified atom stereocenters. The molecule has 2 rings (SSSR count). The standard InChI is InChI=1S/C16H22N4O.ClH/c1-11-7-5-6-8-14(11)12(2)19-16(21)15(17-3)13-9-18-20(4)10-13;/h5-10,12,15,17H,1-4H3,(H,19,21);1H. The zero-order chi connectivity index (χ0) is 15.4. The molecule has 0 aliphatic rings. The zero-order valence-corrected chi connectivity index (χ0v) is 14.1. The van der Waals surface area contributed by atoms with Gasteiger partial charge in [-0.1, -0.05) is 24.3 Å². The van der Waals surface area contributed by atoms with Crippen molar-refractivity contribution in [2.24, 2.45) is 7.05 Å². The molecule has 5 nitrogen and oxygen atoms in total. The second-order valence-electron chi connectivity index (χ2n) is 5.26. The van der Waals surface area contributed by atoms with Crippen LogP contribution >= 0.6 is 12.4 Å². The molecule has 0 saturated carbocycles. The quantitative estimate of drug-likeness (QED) is 0.888. The molecule has 6 heteroatoms. The molecule has 0 aliphatic heterocycles. The molecule has 0 radical (unpaired) electrons. The van der Waals surface area contributed by atoms with Crippen LogP contribution in [0.1, 0.15) is 35.7 Å². The number of nitrogens with zero attached hydrogens (tertiary/aromatic N) is 2. The Hall–Kier alpha value is -1.85. The lowest BCUT2D eigenvalue weighted by atomic mass is 10.0. The number of hydrogen-bond acceptors (Lipinski definition) is 3. The number of amides is 1. The molecule has 0 bridgehead atoms. The molecule has 2 N–H and O–H groups in total. The van der Waals surface area contributed by atoms with E-state index in [1.54, 1.807) is 17.9 Å². The number of benzene rings is 1. The largest absolute Gasteiger partial charge is 0.348 e. The number of nitrogens with one attached hydrogen (secondary N) is 2. The summed E-state index contributed by atoms with van der Waals surface area (Å²) in [7, 11) is 3.61. The van der Waals surface area contributed by atoms with Gasteiger partial charge >= 0.3 is 0 Å². The van der Waals surface area contributed by atoms with E-state index in [9.17, 15) is 4.79 Å². The van der Waals surface area contributed by atoms with Gasteiger partial charge in [-0.05, 0) is 32.0 Å². The third kappa shape index (κ3) is 4.08. The van der Waals surface area contributed by atoms with Crippen molar-refractivity contribution in [2.45, 2.75) is 25.9 Å². The van der Waals surface area contributed by atoms with Crippen LogP contribution in [0.4, 0.5) is 0 Å². The van der Waals surface area contributed by atoms with Gasteiger partial charge in [0.15, 0.2) is 0 Å². The lowest BCUT2D eigenvalue weighted by Crippen LogP contribution is -2.37. The summed E-state index contributed by atoms with van der Waals surface area (Å²) in [5, 5.41) is 10.2. The smallest absolute Gasteiger partial charge is 0.242 e. The highest BCUT2D eigenvalue weighted by Gasteiger charge is 2.22. The Morgan fingerprint density at radius 2 is 2.00 bits per heavy atom. The normalized spacial score (nSPS) is 13.1. The first-order valence-electron chi connectivity index (χ1n) is 7.04. The highest BCUT2D eigenvalue weighted by atomic mass is 35.5. The van der Waals surface area contributed by atoms with Gasteiger partial charge in [-0.3, -0.25) is 9.48 Å². The van der Waals surface area contributed by atoms with Gasteiger partial charge in [0, 0.05) is 18.8 Å². The molecule has 2 atom stereocenters. The van der Waals surface area contributed by atoms with Crippen molar-refractivity contribution in [3.63, 3.8) is 0 Å². The van der Waals surface area contributed by atoms with Crippen molar-refractivity contribution in [2.75, 3.05) is 7.05 Å². The fraction of sp³-hybridized carbons (Fsp3) is 0.375. The van der Waals surface area contributed by atoms with E-state index in [-0.39, 0.29) is 24.4 Å². The fourth-order valence-corrected chi connectivity index (χ4v) is 2.49. The minimum Gasteiger partial charge on any atom is -0.348 e. The summed E-state index contributed by atoms with van der Waals surface area (Å²) in [6.45, 7) is 4.05. The molecule has 0 spiro atoms. The van der Waals surface area contributed by atoms with E-state index in [1.165, 1.54) is 5.56 Å². The van der Waals surface area contributed by atoms with Gasteiger partial charge in [0.1, 0.15) is 6.04 Å². The Morgan fingerprint density at radius 3 is 2.55 bits per heavy atom. The van der Waals surface area contributed by atoms with Crippen LogP contribution in [0, 0.1) is 6.92 Å². The van der Waals surface area contributed by atoms with Gasteiger partial charge in [-0.25, -0.2) is 0 Å². The maximum atomic E-state index is 12.5. The molecule has 0 aliphatic carbocycles. The molecule has 1 amide bonds. The third-order valence-electron chi connectivity index (χ3n) is 3.62. The van der Waals surface area contributed by atoms with E-state index in [1.807, 2.05) is 38.4 Å². The molecule has 2 aromatic rings. The number of carbonyl (C=O) groups excluding carboxylic acids is 1. The fourth-order valence-electron chi connectivity index (χ4n) is 2.49. The van der Waals surface area contributed by atoms with Gasteiger partial charge in [-0.15, -0.1) is 12.4 Å². The average Bonchev–Trinajstić information content (AvgIpc) is 2.86. The van der Waals surface area contributed by atoms with Crippen LogP contribution in [0.25, 0.3) is 0 Å². The first-order valence-corrected chi connectivity index (χ1v) is 7.04. The van der Waals surface area contributed by atoms with Gasteiger partial charge in [0.2, 0.25) is 5.91 Å². The number of aryl methyl sites for hydroxylation is 2. The molecule has 1 heterocycles. The topological polar surface area (TPSA) is 59.0 Å². The first-order chi connectivity index (χ1) is 10.0. The average molecular weight is 323 g/mol. The Bertz CT molecular complexity index is 626. The highest BCUT2D eigenvalue weighted by Crippen LogP contribution is 2.19. The van der Waals surface area contributed by atoms with Crippen molar-refractivity contribution in [1.29, 1.82) is 0 Å². The molecule has 0 fully saturated rings. The molecule has 22 heavy (non-hydrogen) atoms. The summed E-state index contributed by atoms with van der Waals surface area (Å²) in [5.41, 5.74) is 3.16. The molecule has 0 saturated heterocycles. The van der Waals surface area contributed by atoms with Crippen molar-refractivity contribution in [3.05, 3.63) is 53.3 Å². The molecular weight excluding hydrogens is 300 g/mol. The predicted octanol–water partition coefficient (Wildman–Crippen LogP) is 2.29. The van der Waals surface area contributed by atoms with E-state index in [2.05, 4.69) is 28.7 Å². The van der Waals surface area contributed by atoms with Crippen LogP contribution in [0.3, 0.4) is 0 Å². The number of hydrogen-bond donors (Lipinski definition) is 2. The monoisotopic (exact) mass is 322 g/mol. The molecule has 1 aromatic carbocycles. The van der Waals surface area contributed by atoms with Crippen molar-refractivity contribution in [1.82, 2.24) is 20.4 Å².